The van der Waals surface area contributed by atoms with Crippen molar-refractivity contribution < 1.29 is 0 Å². The quantitative estimate of drug-likeness (QED) is 0.598. The maximum absolute atomic E-state index is 5.84. The predicted molar refractivity (Wildman–Crippen MR) is 62.6 cm³/mol. The Hall–Kier alpha value is -0.530. The Morgan fingerprint density at radius 1 is 1.64 bits per heavy atom. The van der Waals surface area contributed by atoms with E-state index in [9.17, 15) is 0 Å². The zero-order valence-corrected chi connectivity index (χ0v) is 9.37. The number of thiophene rings is 1. The molecule has 0 spiro atoms. The average molecular weight is 229 g/mol. The summed E-state index contributed by atoms with van der Waals surface area (Å²) in [4.78, 5) is 1.16. The van der Waals surface area contributed by atoms with Crippen LogP contribution in [0.4, 0.5) is 0 Å². The number of hydrogen-bond donors (Lipinski definition) is 2. The Morgan fingerprint density at radius 3 is 2.93 bits per heavy atom. The molecule has 0 aromatic carbocycles. The Bertz CT molecular complexity index is 316. The van der Waals surface area contributed by atoms with Crippen LogP contribution in [0.25, 0.3) is 0 Å². The highest BCUT2D eigenvalue weighted by Crippen LogP contribution is 2.26. The third-order valence-electron chi connectivity index (χ3n) is 1.83. The summed E-state index contributed by atoms with van der Waals surface area (Å²) in [5.74, 6) is 2.58. The van der Waals surface area contributed by atoms with Gasteiger partial charge in [-0.3, -0.25) is 0 Å². The van der Waals surface area contributed by atoms with E-state index in [1.165, 1.54) is 0 Å². The van der Waals surface area contributed by atoms with Gasteiger partial charge in [0.1, 0.15) is 0 Å². The van der Waals surface area contributed by atoms with E-state index in [2.05, 4.69) is 11.2 Å². The van der Waals surface area contributed by atoms with Gasteiger partial charge in [0, 0.05) is 24.4 Å². The van der Waals surface area contributed by atoms with E-state index in [0.717, 1.165) is 22.2 Å². The van der Waals surface area contributed by atoms with E-state index in [-0.39, 0.29) is 6.04 Å². The minimum absolute atomic E-state index is 0.167. The predicted octanol–water partition coefficient (Wildman–Crippen LogP) is 2.01. The molecule has 0 bridgehead atoms. The number of terminal acetylenes is 1. The first kappa shape index (κ1) is 11.5. The van der Waals surface area contributed by atoms with Crippen molar-refractivity contribution in [3.05, 3.63) is 21.3 Å². The number of nitrogens with two attached hydrogens (primary N) is 1. The van der Waals surface area contributed by atoms with E-state index in [1.54, 1.807) is 11.3 Å². The molecule has 0 aliphatic heterocycles. The van der Waals surface area contributed by atoms with Crippen molar-refractivity contribution in [2.75, 3.05) is 13.1 Å². The second kappa shape index (κ2) is 6.05. The van der Waals surface area contributed by atoms with Crippen molar-refractivity contribution in [2.24, 2.45) is 5.73 Å². The monoisotopic (exact) mass is 228 g/mol. The molecule has 76 valence electrons. The highest BCUT2D eigenvalue weighted by molar-refractivity contribution is 7.16. The van der Waals surface area contributed by atoms with Crippen LogP contribution in [0.5, 0.6) is 0 Å². The van der Waals surface area contributed by atoms with Gasteiger partial charge in [-0.15, -0.1) is 23.7 Å². The van der Waals surface area contributed by atoms with E-state index < -0.39 is 0 Å². The maximum Gasteiger partial charge on any atom is 0.0931 e. The first-order chi connectivity index (χ1) is 6.77. The summed E-state index contributed by atoms with van der Waals surface area (Å²) in [6.45, 7) is 1.34. The molecule has 0 fully saturated rings. The fourth-order valence-corrected chi connectivity index (χ4v) is 2.28. The average Bonchev–Trinajstić information content (AvgIpc) is 2.60. The molecule has 0 saturated heterocycles. The summed E-state index contributed by atoms with van der Waals surface area (Å²) in [6.07, 6.45) is 5.88. The number of hydrogen-bond acceptors (Lipinski definition) is 3. The Morgan fingerprint density at radius 2 is 2.43 bits per heavy atom. The Kier molecular flexibility index (Phi) is 4.99. The molecule has 1 rings (SSSR count). The van der Waals surface area contributed by atoms with Crippen molar-refractivity contribution in [3.63, 3.8) is 0 Å². The van der Waals surface area contributed by atoms with Gasteiger partial charge in [-0.1, -0.05) is 11.6 Å². The first-order valence-corrected chi connectivity index (χ1v) is 5.59. The van der Waals surface area contributed by atoms with Crippen molar-refractivity contribution in [3.8, 4) is 12.3 Å². The van der Waals surface area contributed by atoms with Gasteiger partial charge in [-0.25, -0.2) is 0 Å². The third-order valence-corrected chi connectivity index (χ3v) is 3.18. The van der Waals surface area contributed by atoms with Crippen LogP contribution in [-0.2, 0) is 0 Å². The van der Waals surface area contributed by atoms with Gasteiger partial charge >= 0.3 is 0 Å². The fraction of sp³-hybridized carbons (Fsp3) is 0.400. The van der Waals surface area contributed by atoms with Gasteiger partial charge in [-0.2, -0.15) is 0 Å². The third kappa shape index (κ3) is 3.32. The summed E-state index contributed by atoms with van der Waals surface area (Å²) in [6, 6.07) is 4.04. The number of rotatable bonds is 5. The van der Waals surface area contributed by atoms with Crippen LogP contribution in [0.2, 0.25) is 4.34 Å². The molecule has 0 aliphatic carbocycles. The molecule has 14 heavy (non-hydrogen) atoms. The van der Waals surface area contributed by atoms with Crippen LogP contribution in [0, 0.1) is 12.3 Å². The molecular formula is C10H13ClN2S. The summed E-state index contributed by atoms with van der Waals surface area (Å²) < 4.78 is 0.789. The van der Waals surface area contributed by atoms with Gasteiger partial charge in [-0.05, 0) is 12.1 Å². The summed E-state index contributed by atoms with van der Waals surface area (Å²) in [7, 11) is 0. The maximum atomic E-state index is 5.84. The molecule has 0 aliphatic rings. The molecule has 1 aromatic heterocycles. The van der Waals surface area contributed by atoms with Crippen molar-refractivity contribution in [2.45, 2.75) is 12.5 Å². The zero-order valence-electron chi connectivity index (χ0n) is 7.79. The lowest BCUT2D eigenvalue weighted by molar-refractivity contribution is 0.558. The van der Waals surface area contributed by atoms with Gasteiger partial charge in [0.15, 0.2) is 0 Å². The Balaban J connectivity index is 2.50. The molecule has 1 atom stereocenters. The highest BCUT2D eigenvalue weighted by Gasteiger charge is 2.10. The normalized spacial score (nSPS) is 12.4. The van der Waals surface area contributed by atoms with Crippen molar-refractivity contribution >= 4 is 22.9 Å². The van der Waals surface area contributed by atoms with Gasteiger partial charge in [0.2, 0.25) is 0 Å². The first-order valence-electron chi connectivity index (χ1n) is 4.40. The molecule has 2 nitrogen and oxygen atoms in total. The van der Waals surface area contributed by atoms with Crippen molar-refractivity contribution in [1.82, 2.24) is 5.32 Å². The van der Waals surface area contributed by atoms with Crippen LogP contribution < -0.4 is 11.1 Å². The van der Waals surface area contributed by atoms with Crippen LogP contribution in [0.3, 0.4) is 0 Å². The Labute approximate surface area is 93.5 Å². The summed E-state index contributed by atoms with van der Waals surface area (Å²) >= 11 is 7.39. The van der Waals surface area contributed by atoms with Crippen LogP contribution in [-0.4, -0.2) is 13.1 Å². The van der Waals surface area contributed by atoms with E-state index in [0.29, 0.717) is 6.54 Å². The molecule has 4 heteroatoms. The molecule has 1 unspecified atom stereocenters. The summed E-state index contributed by atoms with van der Waals surface area (Å²) in [5.41, 5.74) is 5.65. The topological polar surface area (TPSA) is 38.0 Å². The molecule has 1 heterocycles. The lowest BCUT2D eigenvalue weighted by Gasteiger charge is -2.13. The standard InChI is InChI=1S/C10H13ClN2S/c1-2-3-6-13-8(7-12)9-4-5-10(11)14-9/h1,4-5,8,13H,3,6-7,12H2. The fourth-order valence-electron chi connectivity index (χ4n) is 1.13. The smallest absolute Gasteiger partial charge is 0.0931 e. The molecule has 3 N–H and O–H groups in total. The lowest BCUT2D eigenvalue weighted by Crippen LogP contribution is -2.28. The number of halogens is 1. The second-order valence-electron chi connectivity index (χ2n) is 2.84. The van der Waals surface area contributed by atoms with Crippen LogP contribution >= 0.6 is 22.9 Å². The van der Waals surface area contributed by atoms with Crippen LogP contribution in [0.1, 0.15) is 17.3 Å². The molecule has 0 saturated carbocycles. The number of nitrogens with one attached hydrogen (secondary N) is 1. The highest BCUT2D eigenvalue weighted by atomic mass is 35.5. The van der Waals surface area contributed by atoms with E-state index in [4.69, 9.17) is 23.8 Å². The van der Waals surface area contributed by atoms with Gasteiger partial charge < -0.3 is 11.1 Å². The minimum atomic E-state index is 0.167. The zero-order chi connectivity index (χ0) is 10.4. The molecule has 0 amide bonds. The van der Waals surface area contributed by atoms with E-state index in [1.807, 2.05) is 12.1 Å². The van der Waals surface area contributed by atoms with Crippen molar-refractivity contribution in [1.29, 1.82) is 0 Å². The molecule has 1 aromatic rings. The second-order valence-corrected chi connectivity index (χ2v) is 4.59. The largest absolute Gasteiger partial charge is 0.329 e. The minimum Gasteiger partial charge on any atom is -0.329 e. The van der Waals surface area contributed by atoms with Gasteiger partial charge in [0.05, 0.1) is 10.4 Å². The van der Waals surface area contributed by atoms with Gasteiger partial charge in [0.25, 0.3) is 0 Å². The SMILES string of the molecule is C#CCCNC(CN)c1ccc(Cl)s1. The molecule has 0 radical (unpaired) electrons. The summed E-state index contributed by atoms with van der Waals surface area (Å²) in [5, 5.41) is 3.28. The van der Waals surface area contributed by atoms with E-state index >= 15 is 0 Å². The molecular weight excluding hydrogens is 216 g/mol. The van der Waals surface area contributed by atoms with Crippen LogP contribution in [0.15, 0.2) is 12.1 Å². The lowest BCUT2D eigenvalue weighted by atomic mass is 10.2.